The van der Waals surface area contributed by atoms with Crippen molar-refractivity contribution in [3.8, 4) is 11.4 Å². The number of aryl methyl sites for hydroxylation is 1. The third kappa shape index (κ3) is 4.70. The monoisotopic (exact) mass is 468 g/mol. The Balaban J connectivity index is 1.13. The zero-order valence-corrected chi connectivity index (χ0v) is 19.8. The van der Waals surface area contributed by atoms with Crippen LogP contribution in [0.5, 0.6) is 0 Å². The molecule has 2 aliphatic heterocycles. The minimum Gasteiger partial charge on any atom is -0.367 e. The van der Waals surface area contributed by atoms with Gasteiger partial charge in [0.25, 0.3) is 0 Å². The molecule has 0 aliphatic carbocycles. The maximum atomic E-state index is 13.3. The van der Waals surface area contributed by atoms with Gasteiger partial charge >= 0.3 is 0 Å². The first-order valence-electron chi connectivity index (χ1n) is 11.5. The molecule has 2 saturated heterocycles. The first-order valence-corrected chi connectivity index (χ1v) is 12.4. The molecule has 0 amide bonds. The van der Waals surface area contributed by atoms with E-state index >= 15 is 0 Å². The second-order valence-corrected chi connectivity index (χ2v) is 10.1. The molecule has 0 saturated carbocycles. The van der Waals surface area contributed by atoms with Crippen LogP contribution in [0.3, 0.4) is 0 Å². The molecule has 9 heteroatoms. The summed E-state index contributed by atoms with van der Waals surface area (Å²) in [6, 6.07) is 10.9. The molecule has 33 heavy (non-hydrogen) atoms. The maximum absolute atomic E-state index is 13.3. The predicted molar refractivity (Wildman–Crippen MR) is 129 cm³/mol. The number of likely N-dealkylation sites (tertiary alicyclic amines) is 1. The van der Waals surface area contributed by atoms with Gasteiger partial charge in [-0.2, -0.15) is 0 Å². The lowest BCUT2D eigenvalue weighted by Crippen LogP contribution is -2.35. The Morgan fingerprint density at radius 3 is 2.79 bits per heavy atom. The second kappa shape index (κ2) is 9.30. The molecule has 2 unspecified atom stereocenters. The summed E-state index contributed by atoms with van der Waals surface area (Å²) in [7, 11) is 1.94. The van der Waals surface area contributed by atoms with Gasteiger partial charge in [0.15, 0.2) is 11.0 Å². The lowest BCUT2D eigenvalue weighted by Gasteiger charge is -2.27. The second-order valence-electron chi connectivity index (χ2n) is 9.03. The largest absolute Gasteiger partial charge is 0.367 e. The fourth-order valence-corrected chi connectivity index (χ4v) is 5.97. The van der Waals surface area contributed by atoms with Gasteiger partial charge in [0.05, 0.1) is 0 Å². The number of aromatic nitrogens is 4. The lowest BCUT2D eigenvalue weighted by atomic mass is 10.1. The smallest absolute Gasteiger partial charge is 0.248 e. The number of fused-ring (bicyclic) bond motifs is 1. The Morgan fingerprint density at radius 2 is 2.00 bits per heavy atom. The molecule has 5 rings (SSSR count). The summed E-state index contributed by atoms with van der Waals surface area (Å²) < 4.78 is 15.2. The summed E-state index contributed by atoms with van der Waals surface area (Å²) in [5.41, 5.74) is 2.60. The third-order valence-electron chi connectivity index (χ3n) is 6.70. The van der Waals surface area contributed by atoms with Crippen molar-refractivity contribution in [3.05, 3.63) is 58.3 Å². The number of H-pyrrole nitrogens is 1. The van der Waals surface area contributed by atoms with Gasteiger partial charge in [-0.05, 0) is 62.6 Å². The first-order chi connectivity index (χ1) is 16.0. The molecule has 2 fully saturated rings. The van der Waals surface area contributed by atoms with Crippen LogP contribution in [0.2, 0.25) is 0 Å². The summed E-state index contributed by atoms with van der Waals surface area (Å²) in [5.74, 6) is 2.19. The van der Waals surface area contributed by atoms with Gasteiger partial charge < -0.3 is 19.4 Å². The van der Waals surface area contributed by atoms with E-state index < -0.39 is 0 Å². The van der Waals surface area contributed by atoms with Gasteiger partial charge in [-0.25, -0.2) is 4.39 Å². The van der Waals surface area contributed by atoms with E-state index in [9.17, 15) is 9.18 Å². The summed E-state index contributed by atoms with van der Waals surface area (Å²) >= 11 is 1.71. The molecule has 4 heterocycles. The van der Waals surface area contributed by atoms with Gasteiger partial charge in [0.1, 0.15) is 5.82 Å². The van der Waals surface area contributed by atoms with E-state index in [-0.39, 0.29) is 11.4 Å². The van der Waals surface area contributed by atoms with Crippen molar-refractivity contribution in [3.63, 3.8) is 0 Å². The van der Waals surface area contributed by atoms with E-state index in [4.69, 9.17) is 0 Å². The average molecular weight is 469 g/mol. The van der Waals surface area contributed by atoms with Gasteiger partial charge in [0, 0.05) is 61.5 Å². The minimum absolute atomic E-state index is 0.129. The fraction of sp³-hybridized carbons (Fsp3) is 0.458. The highest BCUT2D eigenvalue weighted by Gasteiger charge is 2.40. The number of pyridine rings is 1. The van der Waals surface area contributed by atoms with Crippen LogP contribution in [0, 0.1) is 18.7 Å². The number of rotatable bonds is 7. The van der Waals surface area contributed by atoms with Crippen LogP contribution in [-0.4, -0.2) is 62.6 Å². The average Bonchev–Trinajstić information content (AvgIpc) is 3.46. The number of nitrogens with one attached hydrogen (secondary N) is 1. The summed E-state index contributed by atoms with van der Waals surface area (Å²) in [6.07, 6.45) is 2.28. The number of halogens is 1. The van der Waals surface area contributed by atoms with Crippen molar-refractivity contribution in [1.82, 2.24) is 24.6 Å². The Bertz CT molecular complexity index is 1180. The van der Waals surface area contributed by atoms with Crippen molar-refractivity contribution in [2.45, 2.75) is 31.0 Å². The molecule has 2 atom stereocenters. The normalized spacial score (nSPS) is 20.5. The zero-order chi connectivity index (χ0) is 22.9. The van der Waals surface area contributed by atoms with Gasteiger partial charge in [-0.15, -0.1) is 10.2 Å². The Labute approximate surface area is 197 Å². The summed E-state index contributed by atoms with van der Waals surface area (Å²) in [4.78, 5) is 19.6. The molecule has 2 aliphatic rings. The molecule has 0 spiro atoms. The number of anilines is 1. The van der Waals surface area contributed by atoms with E-state index in [1.165, 1.54) is 6.42 Å². The zero-order valence-electron chi connectivity index (χ0n) is 19.0. The molecule has 1 aromatic carbocycles. The molecule has 0 bridgehead atoms. The van der Waals surface area contributed by atoms with E-state index in [0.29, 0.717) is 17.8 Å². The van der Waals surface area contributed by atoms with Crippen LogP contribution in [0.15, 0.2) is 46.3 Å². The van der Waals surface area contributed by atoms with E-state index in [0.717, 1.165) is 60.5 Å². The number of hydrogen-bond donors (Lipinski definition) is 1. The van der Waals surface area contributed by atoms with Crippen molar-refractivity contribution >= 4 is 17.4 Å². The summed E-state index contributed by atoms with van der Waals surface area (Å²) in [6.45, 7) is 6.20. The van der Waals surface area contributed by atoms with E-state index in [1.54, 1.807) is 30.0 Å². The maximum Gasteiger partial charge on any atom is 0.248 e. The molecular weight excluding hydrogens is 439 g/mol. The Hall–Kier alpha value is -2.65. The van der Waals surface area contributed by atoms with Crippen LogP contribution >= 0.6 is 11.8 Å². The molecule has 174 valence electrons. The quantitative estimate of drug-likeness (QED) is 0.424. The number of benzene rings is 1. The van der Waals surface area contributed by atoms with Gasteiger partial charge in [-0.3, -0.25) is 4.79 Å². The molecule has 3 aromatic rings. The Morgan fingerprint density at radius 1 is 1.18 bits per heavy atom. The SMILES string of the molecule is Cc1cc(-c2nnc(SCCCN3CC4CCN(c5ccc(F)cc5)C4C3)n2C)cc(=O)[nH]1. The predicted octanol–water partition coefficient (Wildman–Crippen LogP) is 3.31. The highest BCUT2D eigenvalue weighted by molar-refractivity contribution is 7.99. The Kier molecular flexibility index (Phi) is 6.25. The van der Waals surface area contributed by atoms with Crippen LogP contribution < -0.4 is 10.5 Å². The van der Waals surface area contributed by atoms with Crippen LogP contribution in [0.4, 0.5) is 10.1 Å². The standard InChI is InChI=1S/C24H29FN6OS/c1-16-12-18(13-22(32)26-16)23-27-28-24(29(23)2)33-11-3-9-30-14-17-8-10-31(21(17)15-30)20-6-4-19(25)5-7-20/h4-7,12-13,17,21H,3,8-11,14-15H2,1-2H3,(H,26,32). The highest BCUT2D eigenvalue weighted by Crippen LogP contribution is 2.35. The van der Waals surface area contributed by atoms with Gasteiger partial charge in [0.2, 0.25) is 5.56 Å². The number of nitrogens with zero attached hydrogens (tertiary/aromatic N) is 5. The molecule has 0 radical (unpaired) electrons. The van der Waals surface area contributed by atoms with Crippen LogP contribution in [0.25, 0.3) is 11.4 Å². The van der Waals surface area contributed by atoms with Crippen LogP contribution in [0.1, 0.15) is 18.5 Å². The molecule has 2 aromatic heterocycles. The van der Waals surface area contributed by atoms with Crippen molar-refractivity contribution < 1.29 is 4.39 Å². The fourth-order valence-electron chi connectivity index (χ4n) is 5.14. The molecule has 1 N–H and O–H groups in total. The number of hydrogen-bond acceptors (Lipinski definition) is 6. The topological polar surface area (TPSA) is 70.1 Å². The van der Waals surface area contributed by atoms with Crippen molar-refractivity contribution in [2.24, 2.45) is 13.0 Å². The third-order valence-corrected chi connectivity index (χ3v) is 7.81. The number of aromatic amines is 1. The minimum atomic E-state index is -0.178. The molecule has 7 nitrogen and oxygen atoms in total. The van der Waals surface area contributed by atoms with Crippen molar-refractivity contribution in [2.75, 3.05) is 36.8 Å². The van der Waals surface area contributed by atoms with E-state index in [2.05, 4.69) is 25.0 Å². The summed E-state index contributed by atoms with van der Waals surface area (Å²) in [5, 5.41) is 9.50. The highest BCUT2D eigenvalue weighted by atomic mass is 32.2. The number of thioether (sulfide) groups is 1. The van der Waals surface area contributed by atoms with Gasteiger partial charge in [-0.1, -0.05) is 11.8 Å². The van der Waals surface area contributed by atoms with E-state index in [1.807, 2.05) is 36.7 Å². The van der Waals surface area contributed by atoms with Crippen LogP contribution in [-0.2, 0) is 7.05 Å². The lowest BCUT2D eigenvalue weighted by molar-refractivity contribution is 0.319. The first kappa shape index (κ1) is 22.2. The van der Waals surface area contributed by atoms with Crippen molar-refractivity contribution in [1.29, 1.82) is 0 Å². The molecular formula is C24H29FN6OS.